The standard InChI is InChI=1S/C19H15FN4S/c1-13-6-8-14(9-7-13)19-22-21-17-10-11-18(23-24(17)19)25-12-15-4-2-3-5-16(15)20/h2-11H,12H2,1H3. The average Bonchev–Trinajstić information content (AvgIpc) is 3.05. The minimum Gasteiger partial charge on any atom is -0.207 e. The van der Waals surface area contributed by atoms with E-state index in [1.165, 1.54) is 23.4 Å². The van der Waals surface area contributed by atoms with Gasteiger partial charge in [0.15, 0.2) is 11.5 Å². The topological polar surface area (TPSA) is 43.1 Å². The number of aryl methyl sites for hydroxylation is 1. The lowest BCUT2D eigenvalue weighted by Gasteiger charge is -2.04. The molecule has 0 bridgehead atoms. The zero-order chi connectivity index (χ0) is 17.2. The largest absolute Gasteiger partial charge is 0.207 e. The zero-order valence-electron chi connectivity index (χ0n) is 13.6. The van der Waals surface area contributed by atoms with Crippen LogP contribution in [0.15, 0.2) is 65.7 Å². The molecule has 4 nitrogen and oxygen atoms in total. The molecule has 2 aromatic heterocycles. The van der Waals surface area contributed by atoms with Crippen molar-refractivity contribution in [2.75, 3.05) is 0 Å². The molecule has 0 radical (unpaired) electrons. The van der Waals surface area contributed by atoms with Crippen LogP contribution in [-0.4, -0.2) is 19.8 Å². The molecule has 2 heterocycles. The summed E-state index contributed by atoms with van der Waals surface area (Å²) in [5, 5.41) is 13.8. The van der Waals surface area contributed by atoms with Crippen LogP contribution in [0.3, 0.4) is 0 Å². The normalized spacial score (nSPS) is 11.1. The third kappa shape index (κ3) is 3.25. The molecule has 0 spiro atoms. The molecule has 25 heavy (non-hydrogen) atoms. The number of fused-ring (bicyclic) bond motifs is 1. The first-order valence-corrected chi connectivity index (χ1v) is 8.85. The average molecular weight is 350 g/mol. The van der Waals surface area contributed by atoms with Gasteiger partial charge in [0, 0.05) is 11.3 Å². The molecule has 0 N–H and O–H groups in total. The lowest BCUT2D eigenvalue weighted by Crippen LogP contribution is -1.97. The third-order valence-electron chi connectivity index (χ3n) is 3.88. The van der Waals surface area contributed by atoms with Gasteiger partial charge in [0.25, 0.3) is 0 Å². The van der Waals surface area contributed by atoms with Crippen LogP contribution in [0.1, 0.15) is 11.1 Å². The van der Waals surface area contributed by atoms with Gasteiger partial charge in [0.2, 0.25) is 0 Å². The van der Waals surface area contributed by atoms with Gasteiger partial charge in [0.05, 0.1) is 0 Å². The van der Waals surface area contributed by atoms with E-state index in [9.17, 15) is 4.39 Å². The number of aromatic nitrogens is 4. The Labute approximate surface area is 148 Å². The van der Waals surface area contributed by atoms with Crippen molar-refractivity contribution in [3.05, 3.63) is 77.6 Å². The fourth-order valence-electron chi connectivity index (χ4n) is 2.50. The lowest BCUT2D eigenvalue weighted by atomic mass is 10.1. The van der Waals surface area contributed by atoms with E-state index in [-0.39, 0.29) is 5.82 Å². The Balaban J connectivity index is 1.64. The van der Waals surface area contributed by atoms with Gasteiger partial charge in [0.1, 0.15) is 10.8 Å². The van der Waals surface area contributed by atoms with Crippen LogP contribution < -0.4 is 0 Å². The number of rotatable bonds is 4. The summed E-state index contributed by atoms with van der Waals surface area (Å²) >= 11 is 1.48. The Hall–Kier alpha value is -2.73. The van der Waals surface area contributed by atoms with Crippen molar-refractivity contribution in [1.82, 2.24) is 19.8 Å². The Morgan fingerprint density at radius 2 is 1.76 bits per heavy atom. The van der Waals surface area contributed by atoms with E-state index in [4.69, 9.17) is 0 Å². The van der Waals surface area contributed by atoms with Gasteiger partial charge in [-0.1, -0.05) is 59.8 Å². The second-order valence-corrected chi connectivity index (χ2v) is 6.71. The first kappa shape index (κ1) is 15.8. The highest BCUT2D eigenvalue weighted by molar-refractivity contribution is 7.98. The number of benzene rings is 2. The minimum atomic E-state index is -0.194. The zero-order valence-corrected chi connectivity index (χ0v) is 14.4. The number of hydrogen-bond acceptors (Lipinski definition) is 4. The molecule has 4 rings (SSSR count). The van der Waals surface area contributed by atoms with Crippen molar-refractivity contribution in [3.8, 4) is 11.4 Å². The maximum absolute atomic E-state index is 13.8. The number of thioether (sulfide) groups is 1. The number of nitrogens with zero attached hydrogens (tertiary/aromatic N) is 4. The van der Waals surface area contributed by atoms with Gasteiger partial charge in [-0.2, -0.15) is 9.61 Å². The summed E-state index contributed by atoms with van der Waals surface area (Å²) in [6.07, 6.45) is 0. The summed E-state index contributed by atoms with van der Waals surface area (Å²) in [6.45, 7) is 2.04. The molecule has 0 amide bonds. The molecule has 0 unspecified atom stereocenters. The fraction of sp³-hybridized carbons (Fsp3) is 0.105. The van der Waals surface area contributed by atoms with E-state index in [1.807, 2.05) is 49.4 Å². The van der Waals surface area contributed by atoms with E-state index < -0.39 is 0 Å². The number of hydrogen-bond donors (Lipinski definition) is 0. The molecular weight excluding hydrogens is 335 g/mol. The number of halogens is 1. The van der Waals surface area contributed by atoms with E-state index in [1.54, 1.807) is 16.6 Å². The van der Waals surface area contributed by atoms with E-state index in [0.29, 0.717) is 22.8 Å². The molecule has 0 fully saturated rings. The molecule has 4 aromatic rings. The van der Waals surface area contributed by atoms with Crippen molar-refractivity contribution in [2.24, 2.45) is 0 Å². The van der Waals surface area contributed by atoms with Crippen LogP contribution in [-0.2, 0) is 5.75 Å². The molecule has 6 heteroatoms. The summed E-state index contributed by atoms with van der Waals surface area (Å²) in [7, 11) is 0. The molecule has 0 atom stereocenters. The van der Waals surface area contributed by atoms with Crippen molar-refractivity contribution >= 4 is 17.4 Å². The molecule has 124 valence electrons. The van der Waals surface area contributed by atoms with E-state index in [0.717, 1.165) is 10.6 Å². The molecule has 0 aliphatic rings. The molecule has 0 aliphatic heterocycles. The van der Waals surface area contributed by atoms with Crippen LogP contribution >= 0.6 is 11.8 Å². The Morgan fingerprint density at radius 3 is 2.56 bits per heavy atom. The van der Waals surface area contributed by atoms with E-state index >= 15 is 0 Å². The van der Waals surface area contributed by atoms with Crippen molar-refractivity contribution in [3.63, 3.8) is 0 Å². The first-order chi connectivity index (χ1) is 12.2. The molecule has 2 aromatic carbocycles. The predicted molar refractivity (Wildman–Crippen MR) is 96.9 cm³/mol. The smallest absolute Gasteiger partial charge is 0.185 e. The van der Waals surface area contributed by atoms with Crippen LogP contribution in [0, 0.1) is 12.7 Å². The minimum absolute atomic E-state index is 0.194. The lowest BCUT2D eigenvalue weighted by molar-refractivity contribution is 0.617. The SMILES string of the molecule is Cc1ccc(-c2nnc3ccc(SCc4ccccc4F)nn23)cc1. The Bertz CT molecular complexity index is 1030. The Morgan fingerprint density at radius 1 is 0.960 bits per heavy atom. The monoisotopic (exact) mass is 350 g/mol. The maximum atomic E-state index is 13.8. The Kier molecular flexibility index (Phi) is 4.19. The second-order valence-electron chi connectivity index (χ2n) is 5.71. The van der Waals surface area contributed by atoms with Crippen LogP contribution in [0.4, 0.5) is 4.39 Å². The van der Waals surface area contributed by atoms with Crippen LogP contribution in [0.5, 0.6) is 0 Å². The summed E-state index contributed by atoms with van der Waals surface area (Å²) < 4.78 is 15.5. The van der Waals surface area contributed by atoms with Gasteiger partial charge < -0.3 is 0 Å². The van der Waals surface area contributed by atoms with Gasteiger partial charge >= 0.3 is 0 Å². The predicted octanol–water partition coefficient (Wildman–Crippen LogP) is 4.53. The molecule has 0 aliphatic carbocycles. The summed E-state index contributed by atoms with van der Waals surface area (Å²) in [5.74, 6) is 1.02. The van der Waals surface area contributed by atoms with Gasteiger partial charge in [-0.25, -0.2) is 4.39 Å². The maximum Gasteiger partial charge on any atom is 0.185 e. The highest BCUT2D eigenvalue weighted by Crippen LogP contribution is 2.24. The van der Waals surface area contributed by atoms with Crippen molar-refractivity contribution < 1.29 is 4.39 Å². The molecule has 0 saturated carbocycles. The van der Waals surface area contributed by atoms with Crippen LogP contribution in [0.2, 0.25) is 0 Å². The third-order valence-corrected chi connectivity index (χ3v) is 4.85. The summed E-state index contributed by atoms with van der Waals surface area (Å²) in [6, 6.07) is 18.6. The molecule has 0 saturated heterocycles. The van der Waals surface area contributed by atoms with Crippen LogP contribution in [0.25, 0.3) is 17.0 Å². The highest BCUT2D eigenvalue weighted by Gasteiger charge is 2.10. The van der Waals surface area contributed by atoms with Gasteiger partial charge in [-0.05, 0) is 30.7 Å². The second kappa shape index (κ2) is 6.64. The van der Waals surface area contributed by atoms with Gasteiger partial charge in [-0.15, -0.1) is 10.2 Å². The molecular formula is C19H15FN4S. The van der Waals surface area contributed by atoms with E-state index in [2.05, 4.69) is 15.3 Å². The van der Waals surface area contributed by atoms with Crippen molar-refractivity contribution in [2.45, 2.75) is 17.7 Å². The highest BCUT2D eigenvalue weighted by atomic mass is 32.2. The first-order valence-electron chi connectivity index (χ1n) is 7.86. The van der Waals surface area contributed by atoms with Gasteiger partial charge in [-0.3, -0.25) is 0 Å². The quantitative estimate of drug-likeness (QED) is 0.507. The fourth-order valence-corrected chi connectivity index (χ4v) is 3.34. The van der Waals surface area contributed by atoms with Crippen molar-refractivity contribution in [1.29, 1.82) is 0 Å². The summed E-state index contributed by atoms with van der Waals surface area (Å²) in [5.41, 5.74) is 3.50. The summed E-state index contributed by atoms with van der Waals surface area (Å²) in [4.78, 5) is 0.